The Labute approximate surface area is 177 Å². The number of rotatable bonds is 1. The summed E-state index contributed by atoms with van der Waals surface area (Å²) < 4.78 is -0.690. The Balaban J connectivity index is 1.63. The van der Waals surface area contributed by atoms with E-state index in [4.69, 9.17) is 0 Å². The van der Waals surface area contributed by atoms with Crippen molar-refractivity contribution >= 4 is 33.4 Å². The molecular formula is C25H18BrNO2. The lowest BCUT2D eigenvalue weighted by atomic mass is 9.55. The fraction of sp³-hybridized carbons (Fsp3) is 0.200. The number of hydrogen-bond donors (Lipinski definition) is 0. The average molecular weight is 444 g/mol. The summed E-state index contributed by atoms with van der Waals surface area (Å²) >= 11 is 4.02. The van der Waals surface area contributed by atoms with Gasteiger partial charge >= 0.3 is 0 Å². The third-order valence-electron chi connectivity index (χ3n) is 6.77. The van der Waals surface area contributed by atoms with Gasteiger partial charge in [0.25, 0.3) is 0 Å². The number of alkyl halides is 1. The number of carbonyl (C=O) groups excluding carboxylic acids is 2. The Morgan fingerprint density at radius 3 is 2.07 bits per heavy atom. The van der Waals surface area contributed by atoms with Crippen LogP contribution in [0.4, 0.5) is 5.69 Å². The molecule has 0 radical (unpaired) electrons. The highest BCUT2D eigenvalue weighted by molar-refractivity contribution is 9.09. The van der Waals surface area contributed by atoms with E-state index >= 15 is 0 Å². The first kappa shape index (κ1) is 17.2. The van der Waals surface area contributed by atoms with E-state index in [0.29, 0.717) is 5.69 Å². The molecule has 1 saturated heterocycles. The summed E-state index contributed by atoms with van der Waals surface area (Å²) in [5.74, 6) is -1.16. The van der Waals surface area contributed by atoms with Gasteiger partial charge in [0.05, 0.1) is 21.8 Å². The van der Waals surface area contributed by atoms with Crippen LogP contribution in [0.25, 0.3) is 0 Å². The monoisotopic (exact) mass is 443 g/mol. The first-order valence-corrected chi connectivity index (χ1v) is 10.6. The summed E-state index contributed by atoms with van der Waals surface area (Å²) in [6.07, 6.45) is 0. The highest BCUT2D eigenvalue weighted by atomic mass is 79.9. The lowest BCUT2D eigenvalue weighted by Gasteiger charge is -2.51. The van der Waals surface area contributed by atoms with Crippen LogP contribution in [0.2, 0.25) is 0 Å². The molecule has 2 amide bonds. The molecule has 0 N–H and O–H groups in total. The van der Waals surface area contributed by atoms with E-state index in [1.54, 1.807) is 0 Å². The maximum absolute atomic E-state index is 13.8. The molecule has 4 heteroatoms. The number of amides is 2. The SMILES string of the molecule is Cc1cccc(N2C(=O)[C@@H]3C4c5ccccc5C(Br)(c5ccccc54)[C@@H]3C2=O)c1. The van der Waals surface area contributed by atoms with Crippen molar-refractivity contribution in [2.75, 3.05) is 4.90 Å². The van der Waals surface area contributed by atoms with Crippen LogP contribution in [0.3, 0.4) is 0 Å². The molecular weight excluding hydrogens is 426 g/mol. The molecule has 1 fully saturated rings. The predicted molar refractivity (Wildman–Crippen MR) is 115 cm³/mol. The van der Waals surface area contributed by atoms with E-state index in [1.807, 2.05) is 55.5 Å². The molecule has 142 valence electrons. The molecule has 3 aliphatic carbocycles. The maximum Gasteiger partial charge on any atom is 0.239 e. The van der Waals surface area contributed by atoms with Crippen LogP contribution in [-0.2, 0) is 13.9 Å². The van der Waals surface area contributed by atoms with Gasteiger partial charge in [-0.1, -0.05) is 76.6 Å². The molecule has 7 rings (SSSR count). The Bertz CT molecular complexity index is 1170. The maximum atomic E-state index is 13.8. The summed E-state index contributed by atoms with van der Waals surface area (Å²) in [7, 11) is 0. The summed E-state index contributed by atoms with van der Waals surface area (Å²) in [5.41, 5.74) is 6.21. The molecule has 0 saturated carbocycles. The second-order valence-electron chi connectivity index (χ2n) is 8.22. The van der Waals surface area contributed by atoms with E-state index in [9.17, 15) is 9.59 Å². The Hall–Kier alpha value is -2.72. The van der Waals surface area contributed by atoms with Crippen LogP contribution in [0.5, 0.6) is 0 Å². The number of benzene rings is 3. The molecule has 4 aliphatic rings. The Kier molecular flexibility index (Phi) is 3.35. The number of anilines is 1. The van der Waals surface area contributed by atoms with E-state index in [-0.39, 0.29) is 17.7 Å². The van der Waals surface area contributed by atoms with Gasteiger partial charge in [-0.2, -0.15) is 0 Å². The van der Waals surface area contributed by atoms with Crippen LogP contribution in [-0.4, -0.2) is 11.8 Å². The summed E-state index contributed by atoms with van der Waals surface area (Å²) in [5, 5.41) is 0. The number of nitrogens with zero attached hydrogens (tertiary/aromatic N) is 1. The van der Waals surface area contributed by atoms with E-state index in [1.165, 1.54) is 4.90 Å². The van der Waals surface area contributed by atoms with Crippen LogP contribution in [0.15, 0.2) is 72.8 Å². The molecule has 0 spiro atoms. The predicted octanol–water partition coefficient (Wildman–Crippen LogP) is 4.90. The van der Waals surface area contributed by atoms with Crippen LogP contribution in [0, 0.1) is 18.8 Å². The third-order valence-corrected chi connectivity index (χ3v) is 8.12. The normalized spacial score (nSPS) is 28.9. The van der Waals surface area contributed by atoms with Gasteiger partial charge in [-0.3, -0.25) is 9.59 Å². The largest absolute Gasteiger partial charge is 0.274 e. The fourth-order valence-electron chi connectivity index (χ4n) is 5.70. The molecule has 1 heterocycles. The highest BCUT2D eigenvalue weighted by Crippen LogP contribution is 2.66. The number of carbonyl (C=O) groups is 2. The van der Waals surface area contributed by atoms with Crippen molar-refractivity contribution in [3.63, 3.8) is 0 Å². The molecule has 29 heavy (non-hydrogen) atoms. The van der Waals surface area contributed by atoms with Gasteiger partial charge in [-0.05, 0) is 46.9 Å². The highest BCUT2D eigenvalue weighted by Gasteiger charge is 2.67. The molecule has 2 bridgehead atoms. The lowest BCUT2D eigenvalue weighted by Crippen LogP contribution is -2.50. The minimum Gasteiger partial charge on any atom is -0.274 e. The first-order chi connectivity index (χ1) is 14.0. The Morgan fingerprint density at radius 1 is 0.828 bits per heavy atom. The van der Waals surface area contributed by atoms with Gasteiger partial charge in [0.15, 0.2) is 0 Å². The smallest absolute Gasteiger partial charge is 0.239 e. The number of aryl methyl sites for hydroxylation is 1. The van der Waals surface area contributed by atoms with Crippen molar-refractivity contribution in [2.24, 2.45) is 11.8 Å². The second kappa shape index (κ2) is 5.67. The molecule has 3 aromatic rings. The van der Waals surface area contributed by atoms with Gasteiger partial charge in [-0.15, -0.1) is 0 Å². The molecule has 0 aromatic heterocycles. The summed E-state index contributed by atoms with van der Waals surface area (Å²) in [4.78, 5) is 28.9. The van der Waals surface area contributed by atoms with Gasteiger partial charge in [0, 0.05) is 5.92 Å². The minimum absolute atomic E-state index is 0.0940. The van der Waals surface area contributed by atoms with Gasteiger partial charge in [0.1, 0.15) is 0 Å². The van der Waals surface area contributed by atoms with Crippen molar-refractivity contribution in [3.05, 3.63) is 101 Å². The lowest BCUT2D eigenvalue weighted by molar-refractivity contribution is -0.122. The minimum atomic E-state index is -0.690. The van der Waals surface area contributed by atoms with Crippen molar-refractivity contribution in [1.29, 1.82) is 0 Å². The van der Waals surface area contributed by atoms with E-state index in [2.05, 4.69) is 40.2 Å². The zero-order chi connectivity index (χ0) is 19.9. The summed E-state index contributed by atoms with van der Waals surface area (Å²) in [6, 6.07) is 24.1. The molecule has 1 aliphatic heterocycles. The molecule has 2 atom stereocenters. The average Bonchev–Trinajstić information content (AvgIpc) is 3.00. The van der Waals surface area contributed by atoms with E-state index in [0.717, 1.165) is 27.8 Å². The topological polar surface area (TPSA) is 37.4 Å². The van der Waals surface area contributed by atoms with Crippen LogP contribution >= 0.6 is 15.9 Å². The van der Waals surface area contributed by atoms with Crippen LogP contribution in [0.1, 0.15) is 33.7 Å². The second-order valence-corrected chi connectivity index (χ2v) is 9.47. The summed E-state index contributed by atoms with van der Waals surface area (Å²) in [6.45, 7) is 1.98. The zero-order valence-corrected chi connectivity index (χ0v) is 17.4. The third kappa shape index (κ3) is 1.98. The number of imide groups is 1. The Morgan fingerprint density at radius 2 is 1.45 bits per heavy atom. The van der Waals surface area contributed by atoms with Gasteiger partial charge in [-0.25, -0.2) is 4.90 Å². The van der Waals surface area contributed by atoms with Crippen molar-refractivity contribution in [2.45, 2.75) is 17.2 Å². The van der Waals surface area contributed by atoms with Crippen molar-refractivity contribution < 1.29 is 9.59 Å². The number of halogens is 1. The standard InChI is InChI=1S/C25H18BrNO2/c1-14-7-6-8-15(13-14)27-23(28)21-20-16-9-2-4-11-18(16)25(26,22(21)24(27)29)19-12-5-3-10-17(19)20/h2-13,20-22H,1H3/t20?,21-,22+,25?/m1/s1. The van der Waals surface area contributed by atoms with Crippen molar-refractivity contribution in [3.8, 4) is 0 Å². The quantitative estimate of drug-likeness (QED) is 0.396. The number of hydrogen-bond acceptors (Lipinski definition) is 2. The first-order valence-electron chi connectivity index (χ1n) is 9.85. The molecule has 3 nitrogen and oxygen atoms in total. The van der Waals surface area contributed by atoms with E-state index < -0.39 is 16.2 Å². The fourth-order valence-corrected chi connectivity index (χ4v) is 6.90. The molecule has 3 aromatic carbocycles. The van der Waals surface area contributed by atoms with Gasteiger partial charge < -0.3 is 0 Å². The van der Waals surface area contributed by atoms with Crippen LogP contribution < -0.4 is 4.90 Å². The zero-order valence-electron chi connectivity index (χ0n) is 15.8. The molecule has 0 unspecified atom stereocenters. The van der Waals surface area contributed by atoms with Gasteiger partial charge in [0.2, 0.25) is 11.8 Å². The van der Waals surface area contributed by atoms with Crippen molar-refractivity contribution in [1.82, 2.24) is 0 Å².